The molecule has 5 heteroatoms. The van der Waals surface area contributed by atoms with Crippen LogP contribution >= 0.6 is 12.4 Å². The Morgan fingerprint density at radius 3 is 2.27 bits per heavy atom. The number of nitrogens with two attached hydrogens (primary N) is 1. The van der Waals surface area contributed by atoms with Gasteiger partial charge in [0.15, 0.2) is 0 Å². The number of hydrogen-bond donors (Lipinski definition) is 1. The lowest BCUT2D eigenvalue weighted by Gasteiger charge is -2.15. The Bertz CT molecular complexity index is 336. The van der Waals surface area contributed by atoms with E-state index < -0.39 is 17.8 Å². The molecule has 0 heterocycles. The van der Waals surface area contributed by atoms with E-state index >= 15 is 0 Å². The molecule has 0 bridgehead atoms. The highest BCUT2D eigenvalue weighted by Gasteiger charge is 2.33. The monoisotopic (exact) mass is 237 g/mol. The fourth-order valence-electron chi connectivity index (χ4n) is 1.17. The SMILES string of the molecule is C=C[C@H](N)c1ccccc1C(F)(F)F.Cl. The summed E-state index contributed by atoms with van der Waals surface area (Å²) in [4.78, 5) is 0. The molecule has 0 unspecified atom stereocenters. The normalized spacial score (nSPS) is 12.8. The van der Waals surface area contributed by atoms with Crippen LogP contribution < -0.4 is 5.73 Å². The van der Waals surface area contributed by atoms with Crippen molar-refractivity contribution in [3.05, 3.63) is 48.0 Å². The minimum atomic E-state index is -4.36. The van der Waals surface area contributed by atoms with Crippen LogP contribution in [0, 0.1) is 0 Å². The lowest BCUT2D eigenvalue weighted by molar-refractivity contribution is -0.138. The lowest BCUT2D eigenvalue weighted by Crippen LogP contribution is -2.15. The van der Waals surface area contributed by atoms with E-state index in [1.165, 1.54) is 24.3 Å². The first-order chi connectivity index (χ1) is 6.46. The lowest BCUT2D eigenvalue weighted by atomic mass is 10.0. The molecule has 1 rings (SSSR count). The third-order valence-corrected chi connectivity index (χ3v) is 1.88. The van der Waals surface area contributed by atoms with E-state index in [0.29, 0.717) is 0 Å². The van der Waals surface area contributed by atoms with Crippen LogP contribution in [0.4, 0.5) is 13.2 Å². The van der Waals surface area contributed by atoms with Gasteiger partial charge in [0.1, 0.15) is 0 Å². The zero-order chi connectivity index (χ0) is 10.8. The first-order valence-corrected chi connectivity index (χ1v) is 4.01. The van der Waals surface area contributed by atoms with E-state index in [4.69, 9.17) is 5.73 Å². The largest absolute Gasteiger partial charge is 0.416 e. The quantitative estimate of drug-likeness (QED) is 0.785. The van der Waals surface area contributed by atoms with Gasteiger partial charge in [-0.15, -0.1) is 19.0 Å². The van der Waals surface area contributed by atoms with Crippen molar-refractivity contribution in [2.45, 2.75) is 12.2 Å². The molecule has 0 saturated heterocycles. The van der Waals surface area contributed by atoms with Crippen LogP contribution in [0.15, 0.2) is 36.9 Å². The average molecular weight is 238 g/mol. The summed E-state index contributed by atoms with van der Waals surface area (Å²) in [5, 5.41) is 0. The van der Waals surface area contributed by atoms with Crippen LogP contribution in [-0.2, 0) is 6.18 Å². The van der Waals surface area contributed by atoms with Gasteiger partial charge in [0.05, 0.1) is 5.56 Å². The summed E-state index contributed by atoms with van der Waals surface area (Å²) in [6, 6.07) is 4.44. The van der Waals surface area contributed by atoms with Crippen LogP contribution in [0.5, 0.6) is 0 Å². The molecular formula is C10H11ClF3N. The highest BCUT2D eigenvalue weighted by Crippen LogP contribution is 2.33. The molecule has 2 N–H and O–H groups in total. The molecule has 15 heavy (non-hydrogen) atoms. The maximum absolute atomic E-state index is 12.5. The second-order valence-electron chi connectivity index (χ2n) is 2.85. The summed E-state index contributed by atoms with van der Waals surface area (Å²) in [5.41, 5.74) is 4.82. The van der Waals surface area contributed by atoms with Gasteiger partial charge in [0.2, 0.25) is 0 Å². The molecule has 0 aliphatic carbocycles. The van der Waals surface area contributed by atoms with E-state index in [-0.39, 0.29) is 18.0 Å². The van der Waals surface area contributed by atoms with Gasteiger partial charge < -0.3 is 5.73 Å². The highest BCUT2D eigenvalue weighted by molar-refractivity contribution is 5.85. The molecular weight excluding hydrogens is 227 g/mol. The molecule has 0 amide bonds. The van der Waals surface area contributed by atoms with Crippen molar-refractivity contribution in [2.75, 3.05) is 0 Å². The maximum Gasteiger partial charge on any atom is 0.416 e. The number of rotatable bonds is 2. The van der Waals surface area contributed by atoms with Crippen molar-refractivity contribution in [3.8, 4) is 0 Å². The van der Waals surface area contributed by atoms with Gasteiger partial charge in [-0.1, -0.05) is 24.3 Å². The standard InChI is InChI=1S/C10H10F3N.ClH/c1-2-9(14)7-5-3-4-6-8(7)10(11,12)13;/h2-6,9H,1,14H2;1H/t9-;/m0./s1. The number of benzene rings is 1. The Kier molecular flexibility index (Phi) is 4.84. The molecule has 0 aliphatic rings. The summed E-state index contributed by atoms with van der Waals surface area (Å²) in [5.74, 6) is 0. The zero-order valence-corrected chi connectivity index (χ0v) is 8.61. The molecule has 1 aromatic rings. The summed E-state index contributed by atoms with van der Waals surface area (Å²) in [6.45, 7) is 3.37. The van der Waals surface area contributed by atoms with Gasteiger partial charge in [-0.3, -0.25) is 0 Å². The minimum absolute atomic E-state index is 0. The van der Waals surface area contributed by atoms with E-state index in [1.54, 1.807) is 0 Å². The first-order valence-electron chi connectivity index (χ1n) is 4.01. The fraction of sp³-hybridized carbons (Fsp3) is 0.200. The molecule has 1 atom stereocenters. The van der Waals surface area contributed by atoms with Gasteiger partial charge in [0.25, 0.3) is 0 Å². The minimum Gasteiger partial charge on any atom is -0.321 e. The summed E-state index contributed by atoms with van der Waals surface area (Å²) < 4.78 is 37.4. The van der Waals surface area contributed by atoms with Crippen LogP contribution in [0.25, 0.3) is 0 Å². The number of halogens is 4. The van der Waals surface area contributed by atoms with Gasteiger partial charge in [-0.25, -0.2) is 0 Å². The van der Waals surface area contributed by atoms with Crippen LogP contribution in [0.1, 0.15) is 17.2 Å². The summed E-state index contributed by atoms with van der Waals surface area (Å²) >= 11 is 0. The first kappa shape index (κ1) is 14.0. The Hall–Kier alpha value is -1.00. The third kappa shape index (κ3) is 3.25. The summed E-state index contributed by atoms with van der Waals surface area (Å²) in [6.07, 6.45) is -3.08. The van der Waals surface area contributed by atoms with Crippen LogP contribution in [0.2, 0.25) is 0 Å². The molecule has 1 nitrogen and oxygen atoms in total. The molecule has 0 aliphatic heterocycles. The van der Waals surface area contributed by atoms with Crippen molar-refractivity contribution in [2.24, 2.45) is 5.73 Å². The van der Waals surface area contributed by atoms with E-state index in [9.17, 15) is 13.2 Å². The van der Waals surface area contributed by atoms with E-state index in [1.807, 2.05) is 0 Å². The second kappa shape index (κ2) is 5.19. The number of hydrogen-bond acceptors (Lipinski definition) is 1. The molecule has 1 aromatic carbocycles. The van der Waals surface area contributed by atoms with Gasteiger partial charge in [-0.2, -0.15) is 13.2 Å². The smallest absolute Gasteiger partial charge is 0.321 e. The molecule has 0 saturated carbocycles. The average Bonchev–Trinajstić information content (AvgIpc) is 2.15. The van der Waals surface area contributed by atoms with Gasteiger partial charge in [0, 0.05) is 6.04 Å². The summed E-state index contributed by atoms with van der Waals surface area (Å²) in [7, 11) is 0. The fourth-order valence-corrected chi connectivity index (χ4v) is 1.17. The van der Waals surface area contributed by atoms with Crippen molar-refractivity contribution in [1.29, 1.82) is 0 Å². The van der Waals surface area contributed by atoms with Crippen molar-refractivity contribution in [1.82, 2.24) is 0 Å². The topological polar surface area (TPSA) is 26.0 Å². The van der Waals surface area contributed by atoms with Gasteiger partial charge in [-0.05, 0) is 11.6 Å². The molecule has 84 valence electrons. The molecule has 0 radical (unpaired) electrons. The van der Waals surface area contributed by atoms with Crippen molar-refractivity contribution in [3.63, 3.8) is 0 Å². The molecule has 0 spiro atoms. The highest BCUT2D eigenvalue weighted by atomic mass is 35.5. The maximum atomic E-state index is 12.5. The molecule has 0 fully saturated rings. The zero-order valence-electron chi connectivity index (χ0n) is 7.79. The Morgan fingerprint density at radius 1 is 1.27 bits per heavy atom. The second-order valence-corrected chi connectivity index (χ2v) is 2.85. The Balaban J connectivity index is 0.00000196. The third-order valence-electron chi connectivity index (χ3n) is 1.88. The molecule has 0 aromatic heterocycles. The van der Waals surface area contributed by atoms with Gasteiger partial charge >= 0.3 is 6.18 Å². The Morgan fingerprint density at radius 2 is 1.80 bits per heavy atom. The predicted molar refractivity (Wildman–Crippen MR) is 55.8 cm³/mol. The Labute approximate surface area is 92.2 Å². The van der Waals surface area contributed by atoms with E-state index in [0.717, 1.165) is 6.07 Å². The van der Waals surface area contributed by atoms with Crippen LogP contribution in [-0.4, -0.2) is 0 Å². The number of alkyl halides is 3. The predicted octanol–water partition coefficient (Wildman–Crippen LogP) is 3.31. The van der Waals surface area contributed by atoms with Crippen LogP contribution in [0.3, 0.4) is 0 Å². The van der Waals surface area contributed by atoms with Crippen molar-refractivity contribution < 1.29 is 13.2 Å². The van der Waals surface area contributed by atoms with E-state index in [2.05, 4.69) is 6.58 Å². The van der Waals surface area contributed by atoms with Crippen molar-refractivity contribution >= 4 is 12.4 Å².